The Balaban J connectivity index is 1.41. The fourth-order valence-electron chi connectivity index (χ4n) is 5.05. The summed E-state index contributed by atoms with van der Waals surface area (Å²) < 4.78 is 42.3. The van der Waals surface area contributed by atoms with Crippen molar-refractivity contribution >= 4 is 29.0 Å². The average molecular weight is 505 g/mol. The smallest absolute Gasteiger partial charge is 0.274 e. The number of carbonyl (C=O) groups excluding carboxylic acids is 1. The van der Waals surface area contributed by atoms with Crippen LogP contribution in [0.2, 0.25) is 0 Å². The van der Waals surface area contributed by atoms with E-state index in [9.17, 15) is 23.7 Å². The molecule has 1 spiro atoms. The number of aryl methyl sites for hydroxylation is 1. The van der Waals surface area contributed by atoms with Gasteiger partial charge in [0.05, 0.1) is 22.2 Å². The number of piperidine rings is 2. The minimum absolute atomic E-state index is 0.0911. The van der Waals surface area contributed by atoms with E-state index in [-0.39, 0.29) is 43.1 Å². The maximum Gasteiger partial charge on any atom is 0.274 e. The number of non-ortho nitro benzene ring substituents is 1. The zero-order valence-corrected chi connectivity index (χ0v) is 19.9. The summed E-state index contributed by atoms with van der Waals surface area (Å²) in [5.41, 5.74) is 0.254. The van der Waals surface area contributed by atoms with Crippen molar-refractivity contribution in [2.45, 2.75) is 51.4 Å². The minimum Gasteiger partial charge on any atom is -0.371 e. The molecule has 1 saturated carbocycles. The molecule has 3 fully saturated rings. The predicted molar refractivity (Wildman–Crippen MR) is 127 cm³/mol. The van der Waals surface area contributed by atoms with Crippen molar-refractivity contribution in [3.8, 4) is 0 Å². The molecule has 1 amide bonds. The van der Waals surface area contributed by atoms with E-state index in [0.29, 0.717) is 30.0 Å². The van der Waals surface area contributed by atoms with Crippen LogP contribution in [-0.2, 0) is 0 Å². The number of rotatable bonds is 5. The molecule has 1 aromatic carbocycles. The Kier molecular flexibility index (Phi) is 6.00. The largest absolute Gasteiger partial charge is 0.371 e. The molecule has 0 bridgehead atoms. The van der Waals surface area contributed by atoms with Gasteiger partial charge in [-0.25, -0.2) is 18.2 Å². The van der Waals surface area contributed by atoms with Crippen LogP contribution < -0.4 is 15.1 Å². The van der Waals surface area contributed by atoms with Crippen molar-refractivity contribution in [3.05, 3.63) is 45.4 Å². The summed E-state index contributed by atoms with van der Waals surface area (Å²) in [4.78, 5) is 36.0. The third-order valence-electron chi connectivity index (χ3n) is 7.50. The van der Waals surface area contributed by atoms with Gasteiger partial charge >= 0.3 is 0 Å². The van der Waals surface area contributed by atoms with E-state index in [1.165, 1.54) is 6.07 Å². The molecule has 36 heavy (non-hydrogen) atoms. The first-order chi connectivity index (χ1) is 17.0. The third kappa shape index (κ3) is 4.93. The number of alkyl halides is 2. The molecule has 2 aromatic rings. The monoisotopic (exact) mass is 504 g/mol. The molecule has 1 aromatic heterocycles. The summed E-state index contributed by atoms with van der Waals surface area (Å²) in [7, 11) is 0. The molecule has 5 rings (SSSR count). The molecule has 3 aliphatic rings. The van der Waals surface area contributed by atoms with Crippen LogP contribution in [-0.4, -0.2) is 52.9 Å². The lowest BCUT2D eigenvalue weighted by atomic mass is 9.93. The Bertz CT molecular complexity index is 1200. The van der Waals surface area contributed by atoms with Crippen LogP contribution in [0.5, 0.6) is 0 Å². The van der Waals surface area contributed by atoms with Crippen LogP contribution in [0.15, 0.2) is 18.2 Å². The number of hydrogen-bond donors (Lipinski definition) is 1. The fourth-order valence-corrected chi connectivity index (χ4v) is 5.05. The van der Waals surface area contributed by atoms with Gasteiger partial charge in [0.2, 0.25) is 5.95 Å². The molecule has 2 aliphatic heterocycles. The lowest BCUT2D eigenvalue weighted by Gasteiger charge is -2.34. The highest BCUT2D eigenvalue weighted by atomic mass is 19.3. The molecule has 192 valence electrons. The number of anilines is 3. The first-order valence-electron chi connectivity index (χ1n) is 12.1. The second kappa shape index (κ2) is 8.90. The molecule has 9 nitrogen and oxygen atoms in total. The number of nitrogens with one attached hydrogen (secondary N) is 1. The van der Waals surface area contributed by atoms with Crippen molar-refractivity contribution in [2.24, 2.45) is 5.41 Å². The molecule has 1 aliphatic carbocycles. The predicted octanol–water partition coefficient (Wildman–Crippen LogP) is 4.70. The minimum atomic E-state index is -2.72. The highest BCUT2D eigenvalue weighted by molar-refractivity contribution is 6.08. The van der Waals surface area contributed by atoms with E-state index in [0.717, 1.165) is 31.7 Å². The van der Waals surface area contributed by atoms with Gasteiger partial charge in [-0.05, 0) is 38.0 Å². The number of aromatic nitrogens is 2. The van der Waals surface area contributed by atoms with Crippen LogP contribution in [0, 0.1) is 28.3 Å². The lowest BCUT2D eigenvalue weighted by molar-refractivity contribution is -0.385. The van der Waals surface area contributed by atoms with E-state index in [1.54, 1.807) is 17.9 Å². The fraction of sp³-hybridized carbons (Fsp3) is 0.542. The zero-order valence-electron chi connectivity index (χ0n) is 19.9. The van der Waals surface area contributed by atoms with E-state index < -0.39 is 28.3 Å². The molecule has 2 saturated heterocycles. The second-order valence-corrected chi connectivity index (χ2v) is 10.1. The van der Waals surface area contributed by atoms with E-state index in [4.69, 9.17) is 0 Å². The maximum atomic E-state index is 15.2. The molecule has 1 N–H and O–H groups in total. The van der Waals surface area contributed by atoms with Crippen molar-refractivity contribution in [1.82, 2.24) is 9.97 Å². The van der Waals surface area contributed by atoms with Crippen molar-refractivity contribution < 1.29 is 22.9 Å². The highest BCUT2D eigenvalue weighted by Crippen LogP contribution is 2.54. The van der Waals surface area contributed by atoms with E-state index in [1.807, 2.05) is 4.90 Å². The number of halogens is 3. The van der Waals surface area contributed by atoms with Crippen molar-refractivity contribution in [1.29, 1.82) is 0 Å². The molecular weight excluding hydrogens is 477 g/mol. The van der Waals surface area contributed by atoms with Gasteiger partial charge in [-0.1, -0.05) is 0 Å². The van der Waals surface area contributed by atoms with Crippen molar-refractivity contribution in [3.63, 3.8) is 0 Å². The Morgan fingerprint density at radius 1 is 1.00 bits per heavy atom. The van der Waals surface area contributed by atoms with Gasteiger partial charge < -0.3 is 9.80 Å². The third-order valence-corrected chi connectivity index (χ3v) is 7.50. The van der Waals surface area contributed by atoms with Crippen LogP contribution in [0.4, 0.5) is 36.3 Å². The number of hydrogen-bond acceptors (Lipinski definition) is 7. The van der Waals surface area contributed by atoms with E-state index in [2.05, 4.69) is 15.3 Å². The number of benzene rings is 1. The molecule has 0 atom stereocenters. The molecule has 0 unspecified atom stereocenters. The number of amides is 1. The summed E-state index contributed by atoms with van der Waals surface area (Å²) >= 11 is 0. The first kappa shape index (κ1) is 24.3. The normalized spacial score (nSPS) is 20.3. The topological polar surface area (TPSA) is 104 Å². The van der Waals surface area contributed by atoms with Crippen LogP contribution in [0.25, 0.3) is 0 Å². The van der Waals surface area contributed by atoms with Gasteiger partial charge in [0.25, 0.3) is 17.5 Å². The Morgan fingerprint density at radius 2 is 1.64 bits per heavy atom. The van der Waals surface area contributed by atoms with Crippen LogP contribution >= 0.6 is 0 Å². The summed E-state index contributed by atoms with van der Waals surface area (Å²) in [5.74, 6) is -4.25. The van der Waals surface area contributed by atoms with Gasteiger partial charge in [0.15, 0.2) is 0 Å². The Labute approximate surface area is 205 Å². The van der Waals surface area contributed by atoms with Gasteiger partial charge in [-0.3, -0.25) is 20.2 Å². The maximum absolute atomic E-state index is 15.2. The van der Waals surface area contributed by atoms with E-state index >= 15 is 4.39 Å². The average Bonchev–Trinajstić information content (AvgIpc) is 3.57. The lowest BCUT2D eigenvalue weighted by Crippen LogP contribution is -2.40. The SMILES string of the molecule is Cc1cc(N2CCC(F)(F)CC2)nc(NC(=O)c2c(F)cc([N+](=O)[O-])cc2N2CCC3(CC2)CC3)n1. The summed E-state index contributed by atoms with van der Waals surface area (Å²) in [6.07, 6.45) is 3.48. The zero-order chi connectivity index (χ0) is 25.7. The van der Waals surface area contributed by atoms with Gasteiger partial charge in [0, 0.05) is 56.8 Å². The number of nitrogens with zero attached hydrogens (tertiary/aromatic N) is 5. The number of nitro benzene ring substituents is 1. The number of carbonyl (C=O) groups is 1. The molecule has 12 heteroatoms. The summed E-state index contributed by atoms with van der Waals surface area (Å²) in [6.45, 7) is 3.04. The van der Waals surface area contributed by atoms with Crippen molar-refractivity contribution in [2.75, 3.05) is 41.3 Å². The summed E-state index contributed by atoms with van der Waals surface area (Å²) in [5, 5.41) is 13.9. The molecule has 0 radical (unpaired) electrons. The first-order valence-corrected chi connectivity index (χ1v) is 12.1. The van der Waals surface area contributed by atoms with Gasteiger partial charge in [0.1, 0.15) is 11.6 Å². The van der Waals surface area contributed by atoms with Crippen LogP contribution in [0.3, 0.4) is 0 Å². The van der Waals surface area contributed by atoms with Crippen LogP contribution in [0.1, 0.15) is 54.6 Å². The Morgan fingerprint density at radius 3 is 2.25 bits per heavy atom. The summed E-state index contributed by atoms with van der Waals surface area (Å²) in [6, 6.07) is 3.61. The highest BCUT2D eigenvalue weighted by Gasteiger charge is 2.45. The molecular formula is C24H27F3N6O3. The quantitative estimate of drug-likeness (QED) is 0.465. The number of nitro groups is 1. The van der Waals surface area contributed by atoms with Gasteiger partial charge in [-0.2, -0.15) is 4.98 Å². The second-order valence-electron chi connectivity index (χ2n) is 10.1. The Hall–Kier alpha value is -3.44. The standard InChI is InChI=1S/C24H27F3N6O3/c1-15-12-19(32-10-6-24(26,27)7-11-32)29-22(28-15)30-21(34)20-17(25)13-16(33(35)36)14-18(20)31-8-4-23(2-3-23)5-9-31/h12-14H,2-11H2,1H3,(H,28,29,30,34). The van der Waals surface area contributed by atoms with Gasteiger partial charge in [-0.15, -0.1) is 0 Å². The molecule has 3 heterocycles.